The van der Waals surface area contributed by atoms with Gasteiger partial charge in [0.25, 0.3) is 0 Å². The van der Waals surface area contributed by atoms with Crippen LogP contribution in [0.5, 0.6) is 0 Å². The van der Waals surface area contributed by atoms with E-state index in [4.69, 9.17) is 4.42 Å². The summed E-state index contributed by atoms with van der Waals surface area (Å²) in [6, 6.07) is 10.7. The third-order valence-electron chi connectivity index (χ3n) is 2.50. The fourth-order valence-corrected chi connectivity index (χ4v) is 1.63. The van der Waals surface area contributed by atoms with E-state index in [0.717, 1.165) is 30.8 Å². The first-order valence-corrected chi connectivity index (χ1v) is 5.44. The molecule has 0 amide bonds. The van der Waals surface area contributed by atoms with Gasteiger partial charge < -0.3 is 9.73 Å². The fourth-order valence-electron chi connectivity index (χ4n) is 1.63. The summed E-state index contributed by atoms with van der Waals surface area (Å²) in [7, 11) is 0. The van der Waals surface area contributed by atoms with E-state index in [9.17, 15) is 4.39 Å². The predicted molar refractivity (Wildman–Crippen MR) is 59.3 cm³/mol. The maximum Gasteiger partial charge on any atom is 0.157 e. The zero-order valence-corrected chi connectivity index (χ0v) is 9.03. The third-order valence-corrected chi connectivity index (χ3v) is 2.50. The Balaban J connectivity index is 1.74. The number of hydrogen-bond acceptors (Lipinski definition) is 1. The van der Waals surface area contributed by atoms with Crippen LogP contribution in [0.15, 0.2) is 47.1 Å². The second kappa shape index (κ2) is 5.47. The standard InChI is InChI=1S/C13H14FNO/c14-13-6-2-1-4-11(13)7-8-15-10-12-5-3-9-16-12/h1-6,9,15H,7-8,10H2/p+1. The Labute approximate surface area is 94.1 Å². The second-order valence-electron chi connectivity index (χ2n) is 3.70. The molecule has 0 aliphatic heterocycles. The van der Waals surface area contributed by atoms with E-state index in [2.05, 4.69) is 5.32 Å². The van der Waals surface area contributed by atoms with E-state index in [-0.39, 0.29) is 5.82 Å². The number of quaternary nitrogens is 1. The first-order valence-electron chi connectivity index (χ1n) is 5.44. The van der Waals surface area contributed by atoms with Gasteiger partial charge in [0.15, 0.2) is 5.76 Å². The Hall–Kier alpha value is -1.61. The van der Waals surface area contributed by atoms with Gasteiger partial charge >= 0.3 is 0 Å². The second-order valence-corrected chi connectivity index (χ2v) is 3.70. The molecule has 0 aliphatic carbocycles. The first kappa shape index (κ1) is 10.9. The zero-order valence-electron chi connectivity index (χ0n) is 9.03. The lowest BCUT2D eigenvalue weighted by Gasteiger charge is -2.01. The van der Waals surface area contributed by atoms with E-state index >= 15 is 0 Å². The molecule has 0 atom stereocenters. The maximum atomic E-state index is 13.3. The molecule has 0 unspecified atom stereocenters. The van der Waals surface area contributed by atoms with E-state index in [1.54, 1.807) is 12.3 Å². The van der Waals surface area contributed by atoms with Gasteiger partial charge in [-0.3, -0.25) is 0 Å². The van der Waals surface area contributed by atoms with Crippen molar-refractivity contribution in [2.45, 2.75) is 13.0 Å². The molecule has 84 valence electrons. The number of halogens is 1. The molecule has 16 heavy (non-hydrogen) atoms. The lowest BCUT2D eigenvalue weighted by atomic mass is 10.1. The van der Waals surface area contributed by atoms with Crippen LogP contribution in [0, 0.1) is 5.82 Å². The minimum atomic E-state index is -0.117. The van der Waals surface area contributed by atoms with Gasteiger partial charge in [0.05, 0.1) is 12.8 Å². The summed E-state index contributed by atoms with van der Waals surface area (Å²) in [4.78, 5) is 0. The van der Waals surface area contributed by atoms with Crippen molar-refractivity contribution in [2.75, 3.05) is 6.54 Å². The Morgan fingerprint density at radius 1 is 1.12 bits per heavy atom. The van der Waals surface area contributed by atoms with E-state index in [0.29, 0.717) is 0 Å². The molecule has 0 bridgehead atoms. The lowest BCUT2D eigenvalue weighted by molar-refractivity contribution is -0.671. The monoisotopic (exact) mass is 220 g/mol. The van der Waals surface area contributed by atoms with Gasteiger partial charge in [-0.1, -0.05) is 18.2 Å². The Morgan fingerprint density at radius 3 is 2.75 bits per heavy atom. The van der Waals surface area contributed by atoms with Crippen molar-refractivity contribution < 1.29 is 14.1 Å². The minimum absolute atomic E-state index is 0.117. The van der Waals surface area contributed by atoms with Crippen LogP contribution in [0.4, 0.5) is 4.39 Å². The highest BCUT2D eigenvalue weighted by Crippen LogP contribution is 2.05. The SMILES string of the molecule is Fc1ccccc1CC[NH2+]Cc1ccco1. The molecule has 2 rings (SSSR count). The number of nitrogens with two attached hydrogens (primary N) is 1. The van der Waals surface area contributed by atoms with E-state index < -0.39 is 0 Å². The third kappa shape index (κ3) is 2.94. The molecule has 3 heteroatoms. The van der Waals surface area contributed by atoms with Gasteiger partial charge in [0.2, 0.25) is 0 Å². The molecule has 0 radical (unpaired) electrons. The van der Waals surface area contributed by atoms with Gasteiger partial charge in [-0.2, -0.15) is 0 Å². The van der Waals surface area contributed by atoms with E-state index in [1.165, 1.54) is 6.07 Å². The summed E-state index contributed by atoms with van der Waals surface area (Å²) < 4.78 is 18.5. The molecule has 1 aromatic carbocycles. The topological polar surface area (TPSA) is 29.8 Å². The van der Waals surface area contributed by atoms with Crippen molar-refractivity contribution in [2.24, 2.45) is 0 Å². The quantitative estimate of drug-likeness (QED) is 0.764. The predicted octanol–water partition coefficient (Wildman–Crippen LogP) is 1.72. The van der Waals surface area contributed by atoms with Crippen LogP contribution in [-0.2, 0) is 13.0 Å². The summed E-state index contributed by atoms with van der Waals surface area (Å²) in [6.07, 6.45) is 2.41. The van der Waals surface area contributed by atoms with Crippen molar-refractivity contribution in [1.82, 2.24) is 0 Å². The smallest absolute Gasteiger partial charge is 0.157 e. The van der Waals surface area contributed by atoms with Crippen molar-refractivity contribution in [3.05, 3.63) is 59.8 Å². The summed E-state index contributed by atoms with van der Waals surface area (Å²) >= 11 is 0. The molecule has 0 spiro atoms. The van der Waals surface area contributed by atoms with Gasteiger partial charge in [0, 0.05) is 6.42 Å². The van der Waals surface area contributed by atoms with Crippen molar-refractivity contribution >= 4 is 0 Å². The fraction of sp³-hybridized carbons (Fsp3) is 0.231. The van der Waals surface area contributed by atoms with Crippen LogP contribution in [0.2, 0.25) is 0 Å². The van der Waals surface area contributed by atoms with Gasteiger partial charge in [0.1, 0.15) is 12.4 Å². The van der Waals surface area contributed by atoms with Crippen LogP contribution >= 0.6 is 0 Å². The zero-order chi connectivity index (χ0) is 11.2. The van der Waals surface area contributed by atoms with Crippen LogP contribution in [0.25, 0.3) is 0 Å². The van der Waals surface area contributed by atoms with Crippen molar-refractivity contribution in [1.29, 1.82) is 0 Å². The molecular weight excluding hydrogens is 205 g/mol. The van der Waals surface area contributed by atoms with Gasteiger partial charge in [-0.05, 0) is 23.8 Å². The molecule has 2 nitrogen and oxygen atoms in total. The average Bonchev–Trinajstić information content (AvgIpc) is 2.79. The summed E-state index contributed by atoms with van der Waals surface area (Å²) in [5, 5.41) is 2.12. The first-order chi connectivity index (χ1) is 7.86. The van der Waals surface area contributed by atoms with Crippen LogP contribution < -0.4 is 5.32 Å². The molecule has 2 aromatic rings. The number of rotatable bonds is 5. The highest BCUT2D eigenvalue weighted by atomic mass is 19.1. The van der Waals surface area contributed by atoms with Crippen LogP contribution in [0.3, 0.4) is 0 Å². The largest absolute Gasteiger partial charge is 0.463 e. The molecule has 0 aliphatic rings. The summed E-state index contributed by atoms with van der Waals surface area (Å²) in [6.45, 7) is 1.67. The molecular formula is C13H15FNO+. The van der Waals surface area contributed by atoms with Crippen molar-refractivity contribution in [3.63, 3.8) is 0 Å². The summed E-state index contributed by atoms with van der Waals surface area (Å²) in [5.74, 6) is 0.836. The normalized spacial score (nSPS) is 10.6. The Morgan fingerprint density at radius 2 is 2.00 bits per heavy atom. The highest BCUT2D eigenvalue weighted by molar-refractivity contribution is 5.17. The Bertz CT molecular complexity index is 425. The van der Waals surface area contributed by atoms with Crippen molar-refractivity contribution in [3.8, 4) is 0 Å². The van der Waals surface area contributed by atoms with E-state index in [1.807, 2.05) is 24.3 Å². The number of furan rings is 1. The summed E-state index contributed by atoms with van der Waals surface area (Å²) in [5.41, 5.74) is 0.776. The minimum Gasteiger partial charge on any atom is -0.463 e. The highest BCUT2D eigenvalue weighted by Gasteiger charge is 2.02. The molecule has 0 saturated carbocycles. The van der Waals surface area contributed by atoms with Crippen LogP contribution in [-0.4, -0.2) is 6.54 Å². The molecule has 1 heterocycles. The molecule has 0 fully saturated rings. The van der Waals surface area contributed by atoms with Gasteiger partial charge in [-0.25, -0.2) is 4.39 Å². The lowest BCUT2D eigenvalue weighted by Crippen LogP contribution is -2.83. The number of hydrogen-bond donors (Lipinski definition) is 1. The molecule has 1 aromatic heterocycles. The maximum absolute atomic E-state index is 13.3. The Kier molecular flexibility index (Phi) is 3.72. The molecule has 2 N–H and O–H groups in total. The number of benzene rings is 1. The van der Waals surface area contributed by atoms with Gasteiger partial charge in [-0.15, -0.1) is 0 Å². The van der Waals surface area contributed by atoms with Crippen LogP contribution in [0.1, 0.15) is 11.3 Å². The molecule has 0 saturated heterocycles. The average molecular weight is 220 g/mol.